The van der Waals surface area contributed by atoms with Gasteiger partial charge in [-0.25, -0.2) is 13.8 Å². The van der Waals surface area contributed by atoms with E-state index >= 15 is 0 Å². The summed E-state index contributed by atoms with van der Waals surface area (Å²) in [6.45, 7) is 1.08. The first kappa shape index (κ1) is 18.5. The summed E-state index contributed by atoms with van der Waals surface area (Å²) < 4.78 is 66.6. The number of fused-ring (bicyclic) bond motifs is 1. The standard InChI is InChI=1S/C17H11F5N4O/c1-8-12(19)7-23-16(17(20,21)22)15(8)25-14(27)3-2-9-5-13-10(4-11(9)18)6-24-26-13/h2-7H,1H3,(H,24,26)(H,25,27)/b3-2+. The SMILES string of the molecule is Cc1c(F)cnc(C(F)(F)F)c1NC(=O)/C=C/c1cc2[nH]ncc2cc1F. The molecule has 0 radical (unpaired) electrons. The lowest BCUT2D eigenvalue weighted by Crippen LogP contribution is -2.18. The number of amides is 1. The van der Waals surface area contributed by atoms with Gasteiger partial charge >= 0.3 is 6.18 Å². The Morgan fingerprint density at radius 2 is 1.93 bits per heavy atom. The van der Waals surface area contributed by atoms with Crippen LogP contribution in [-0.2, 0) is 11.0 Å². The Bertz CT molecular complexity index is 1060. The monoisotopic (exact) mass is 382 g/mol. The predicted molar refractivity (Wildman–Crippen MR) is 87.6 cm³/mol. The van der Waals surface area contributed by atoms with Gasteiger partial charge in [-0.2, -0.15) is 18.3 Å². The van der Waals surface area contributed by atoms with Gasteiger partial charge in [0.05, 0.1) is 23.6 Å². The molecule has 0 saturated heterocycles. The number of benzene rings is 1. The van der Waals surface area contributed by atoms with E-state index in [0.29, 0.717) is 17.1 Å². The largest absolute Gasteiger partial charge is 0.435 e. The van der Waals surface area contributed by atoms with E-state index in [2.05, 4.69) is 15.2 Å². The second-order valence-corrected chi connectivity index (χ2v) is 5.61. The number of hydrogen-bond donors (Lipinski definition) is 2. The Labute approximate surface area is 148 Å². The Morgan fingerprint density at radius 3 is 2.63 bits per heavy atom. The lowest BCUT2D eigenvalue weighted by atomic mass is 10.1. The van der Waals surface area contributed by atoms with Crippen LogP contribution in [0.4, 0.5) is 27.6 Å². The molecule has 0 aliphatic rings. The minimum atomic E-state index is -4.89. The minimum absolute atomic E-state index is 0.0204. The zero-order valence-electron chi connectivity index (χ0n) is 13.7. The Balaban J connectivity index is 1.88. The van der Waals surface area contributed by atoms with Gasteiger partial charge in [0.15, 0.2) is 5.69 Å². The Kier molecular flexibility index (Phi) is 4.64. The highest BCUT2D eigenvalue weighted by Gasteiger charge is 2.37. The number of aromatic nitrogens is 3. The average Bonchev–Trinajstić information content (AvgIpc) is 3.03. The summed E-state index contributed by atoms with van der Waals surface area (Å²) in [6.07, 6.45) is -1.12. The molecule has 140 valence electrons. The van der Waals surface area contributed by atoms with Crippen molar-refractivity contribution in [3.63, 3.8) is 0 Å². The van der Waals surface area contributed by atoms with Crippen LogP contribution in [-0.4, -0.2) is 21.1 Å². The van der Waals surface area contributed by atoms with Crippen molar-refractivity contribution in [1.29, 1.82) is 0 Å². The topological polar surface area (TPSA) is 70.7 Å². The van der Waals surface area contributed by atoms with Crippen molar-refractivity contribution >= 4 is 28.6 Å². The molecule has 0 fully saturated rings. The first-order chi connectivity index (χ1) is 12.7. The predicted octanol–water partition coefficient (Wildman–Crippen LogP) is 4.22. The van der Waals surface area contributed by atoms with Crippen LogP contribution in [0, 0.1) is 18.6 Å². The fraction of sp³-hybridized carbons (Fsp3) is 0.118. The molecule has 0 saturated carbocycles. The van der Waals surface area contributed by atoms with Gasteiger partial charge in [-0.3, -0.25) is 9.89 Å². The van der Waals surface area contributed by atoms with Crippen molar-refractivity contribution < 1.29 is 26.7 Å². The fourth-order valence-electron chi connectivity index (χ4n) is 2.39. The molecule has 0 aliphatic carbocycles. The average molecular weight is 382 g/mol. The van der Waals surface area contributed by atoms with Crippen LogP contribution in [0.3, 0.4) is 0 Å². The summed E-state index contributed by atoms with van der Waals surface area (Å²) >= 11 is 0. The third-order valence-electron chi connectivity index (χ3n) is 3.77. The molecular formula is C17H11F5N4O. The number of pyridine rings is 1. The van der Waals surface area contributed by atoms with Crippen LogP contribution < -0.4 is 5.32 Å². The number of rotatable bonds is 3. The molecular weight excluding hydrogens is 371 g/mol. The van der Waals surface area contributed by atoms with Gasteiger partial charge in [0.1, 0.15) is 11.6 Å². The summed E-state index contributed by atoms with van der Waals surface area (Å²) in [5.74, 6) is -2.65. The molecule has 3 aromatic rings. The third kappa shape index (κ3) is 3.78. The van der Waals surface area contributed by atoms with Crippen molar-refractivity contribution in [3.05, 3.63) is 59.1 Å². The molecule has 1 amide bonds. The summed E-state index contributed by atoms with van der Waals surface area (Å²) in [6, 6.07) is 2.58. The molecule has 2 aromatic heterocycles. The van der Waals surface area contributed by atoms with Crippen LogP contribution >= 0.6 is 0 Å². The second-order valence-electron chi connectivity index (χ2n) is 5.61. The molecule has 0 aliphatic heterocycles. The molecule has 0 unspecified atom stereocenters. The first-order valence-corrected chi connectivity index (χ1v) is 7.51. The number of carbonyl (C=O) groups is 1. The molecule has 2 N–H and O–H groups in total. The highest BCUT2D eigenvalue weighted by molar-refractivity contribution is 6.03. The first-order valence-electron chi connectivity index (χ1n) is 7.51. The van der Waals surface area contributed by atoms with E-state index in [9.17, 15) is 26.7 Å². The third-order valence-corrected chi connectivity index (χ3v) is 3.77. The van der Waals surface area contributed by atoms with E-state index in [1.165, 1.54) is 18.3 Å². The molecule has 3 rings (SSSR count). The molecule has 1 aromatic carbocycles. The number of alkyl halides is 3. The molecule has 2 heterocycles. The van der Waals surface area contributed by atoms with Crippen molar-refractivity contribution in [2.75, 3.05) is 5.32 Å². The fourth-order valence-corrected chi connectivity index (χ4v) is 2.39. The van der Waals surface area contributed by atoms with Crippen molar-refractivity contribution in [2.45, 2.75) is 13.1 Å². The van der Waals surface area contributed by atoms with Gasteiger partial charge in [-0.1, -0.05) is 0 Å². The maximum atomic E-state index is 14.0. The van der Waals surface area contributed by atoms with Gasteiger partial charge in [0.25, 0.3) is 0 Å². The van der Waals surface area contributed by atoms with Crippen molar-refractivity contribution in [1.82, 2.24) is 15.2 Å². The smallest absolute Gasteiger partial charge is 0.320 e. The zero-order valence-corrected chi connectivity index (χ0v) is 13.7. The second kappa shape index (κ2) is 6.78. The van der Waals surface area contributed by atoms with Gasteiger partial charge in [0, 0.05) is 22.6 Å². The van der Waals surface area contributed by atoms with E-state index in [1.807, 2.05) is 5.32 Å². The number of carbonyl (C=O) groups excluding carboxylic acids is 1. The number of halogens is 5. The van der Waals surface area contributed by atoms with E-state index in [1.54, 1.807) is 0 Å². The molecule has 10 heteroatoms. The molecule has 0 bridgehead atoms. The molecule has 5 nitrogen and oxygen atoms in total. The zero-order chi connectivity index (χ0) is 19.8. The number of anilines is 1. The Hall–Kier alpha value is -3.30. The summed E-state index contributed by atoms with van der Waals surface area (Å²) in [5.41, 5.74) is -2.09. The van der Waals surface area contributed by atoms with Gasteiger partial charge in [-0.15, -0.1) is 0 Å². The summed E-state index contributed by atoms with van der Waals surface area (Å²) in [7, 11) is 0. The molecule has 0 spiro atoms. The van der Waals surface area contributed by atoms with Crippen LogP contribution in [0.5, 0.6) is 0 Å². The normalized spacial score (nSPS) is 12.1. The minimum Gasteiger partial charge on any atom is -0.320 e. The highest BCUT2D eigenvalue weighted by atomic mass is 19.4. The molecule has 0 atom stereocenters. The van der Waals surface area contributed by atoms with E-state index in [4.69, 9.17) is 0 Å². The van der Waals surface area contributed by atoms with E-state index in [0.717, 1.165) is 19.1 Å². The summed E-state index contributed by atoms with van der Waals surface area (Å²) in [4.78, 5) is 15.0. The van der Waals surface area contributed by atoms with Crippen LogP contribution in [0.15, 0.2) is 30.6 Å². The Morgan fingerprint density at radius 1 is 1.19 bits per heavy atom. The number of aromatic amines is 1. The summed E-state index contributed by atoms with van der Waals surface area (Å²) in [5, 5.41) is 8.84. The number of nitrogens with one attached hydrogen (secondary N) is 2. The van der Waals surface area contributed by atoms with Crippen LogP contribution in [0.25, 0.3) is 17.0 Å². The number of H-pyrrole nitrogens is 1. The van der Waals surface area contributed by atoms with Crippen LogP contribution in [0.2, 0.25) is 0 Å². The lowest BCUT2D eigenvalue weighted by Gasteiger charge is -2.14. The highest BCUT2D eigenvalue weighted by Crippen LogP contribution is 2.35. The van der Waals surface area contributed by atoms with E-state index in [-0.39, 0.29) is 5.56 Å². The quantitative estimate of drug-likeness (QED) is 0.527. The lowest BCUT2D eigenvalue weighted by molar-refractivity contribution is -0.140. The van der Waals surface area contributed by atoms with Gasteiger partial charge < -0.3 is 5.32 Å². The number of nitrogens with zero attached hydrogens (tertiary/aromatic N) is 2. The maximum absolute atomic E-state index is 14.0. The number of hydrogen-bond acceptors (Lipinski definition) is 3. The molecule has 27 heavy (non-hydrogen) atoms. The van der Waals surface area contributed by atoms with E-state index < -0.39 is 40.7 Å². The van der Waals surface area contributed by atoms with Crippen LogP contribution in [0.1, 0.15) is 16.8 Å². The van der Waals surface area contributed by atoms with Crippen molar-refractivity contribution in [2.24, 2.45) is 0 Å². The van der Waals surface area contributed by atoms with Crippen molar-refractivity contribution in [3.8, 4) is 0 Å². The van der Waals surface area contributed by atoms with Gasteiger partial charge in [0.2, 0.25) is 5.91 Å². The maximum Gasteiger partial charge on any atom is 0.435 e. The van der Waals surface area contributed by atoms with Gasteiger partial charge in [-0.05, 0) is 25.1 Å².